The molecule has 17 nitrogen and oxygen atoms in total. The van der Waals surface area contributed by atoms with Crippen molar-refractivity contribution in [3.63, 3.8) is 0 Å². The molecule has 0 saturated carbocycles. The third-order valence-corrected chi connectivity index (χ3v) is 20.8. The molecule has 0 fully saturated rings. The Morgan fingerprint density at radius 2 is 0.490 bits per heavy atom. The van der Waals surface area contributed by atoms with E-state index in [0.29, 0.717) is 25.7 Å². The second kappa shape index (κ2) is 72.0. The second-order valence-electron chi connectivity index (χ2n) is 28.7. The van der Waals surface area contributed by atoms with Crippen molar-refractivity contribution in [3.8, 4) is 0 Å². The molecule has 0 saturated heterocycles. The number of aliphatic hydroxyl groups is 1. The van der Waals surface area contributed by atoms with Crippen LogP contribution in [0.1, 0.15) is 420 Å². The van der Waals surface area contributed by atoms with E-state index in [4.69, 9.17) is 37.0 Å². The second-order valence-corrected chi connectivity index (χ2v) is 31.6. The van der Waals surface area contributed by atoms with Crippen molar-refractivity contribution in [1.29, 1.82) is 0 Å². The Hall–Kier alpha value is -1.94. The summed E-state index contributed by atoms with van der Waals surface area (Å²) in [5.74, 6) is -1.24. The lowest BCUT2D eigenvalue weighted by atomic mass is 9.99. The SMILES string of the molecule is CCCCCCCCCCCCCCCCC(=O)OC[C@H](COP(=O)(O)OC[C@@H](O)COP(=O)(O)OC[C@@H](COC(=O)CCCCCCCCCCCC)OC(=O)CCCCCCCCCCCCCC)OC(=O)CCCCCCCCCCCCCCCCCCCCC(C)CC. The Kier molecular flexibility index (Phi) is 70.6. The number of unbranched alkanes of at least 4 members (excludes halogenated alkanes) is 50. The van der Waals surface area contributed by atoms with Gasteiger partial charge in [0.05, 0.1) is 26.4 Å². The number of carbonyl (C=O) groups excluding carboxylic acids is 4. The summed E-state index contributed by atoms with van der Waals surface area (Å²) in [4.78, 5) is 72.9. The van der Waals surface area contributed by atoms with Gasteiger partial charge in [0.15, 0.2) is 12.2 Å². The van der Waals surface area contributed by atoms with Gasteiger partial charge in [-0.05, 0) is 31.6 Å². The quantitative estimate of drug-likeness (QED) is 0.0222. The number of phosphoric acid groups is 2. The third kappa shape index (κ3) is 71.1. The molecule has 0 aromatic rings. The Morgan fingerprint density at radius 1 is 0.286 bits per heavy atom. The highest BCUT2D eigenvalue weighted by Gasteiger charge is 2.30. The first-order chi connectivity index (χ1) is 47.6. The lowest BCUT2D eigenvalue weighted by molar-refractivity contribution is -0.161. The maximum Gasteiger partial charge on any atom is 0.472 e. The molecule has 0 aromatic carbocycles. The Morgan fingerprint density at radius 3 is 0.724 bits per heavy atom. The van der Waals surface area contributed by atoms with Gasteiger partial charge in [0, 0.05) is 25.7 Å². The van der Waals surface area contributed by atoms with Crippen molar-refractivity contribution in [2.45, 2.75) is 438 Å². The minimum absolute atomic E-state index is 0.108. The van der Waals surface area contributed by atoms with Crippen LogP contribution in [-0.4, -0.2) is 96.7 Å². The van der Waals surface area contributed by atoms with Crippen molar-refractivity contribution in [1.82, 2.24) is 0 Å². The zero-order valence-corrected chi connectivity index (χ0v) is 65.7. The van der Waals surface area contributed by atoms with Gasteiger partial charge in [-0.25, -0.2) is 9.13 Å². The van der Waals surface area contributed by atoms with E-state index in [1.165, 1.54) is 244 Å². The number of ether oxygens (including phenoxy) is 4. The smallest absolute Gasteiger partial charge is 0.462 e. The summed E-state index contributed by atoms with van der Waals surface area (Å²) in [7, 11) is -9.91. The van der Waals surface area contributed by atoms with E-state index in [1.807, 2.05) is 0 Å². The molecule has 6 atom stereocenters. The first-order valence-electron chi connectivity index (χ1n) is 41.2. The van der Waals surface area contributed by atoms with E-state index < -0.39 is 97.5 Å². The van der Waals surface area contributed by atoms with E-state index in [1.54, 1.807) is 0 Å². The van der Waals surface area contributed by atoms with Crippen LogP contribution in [-0.2, 0) is 65.4 Å². The normalized spacial score (nSPS) is 14.2. The highest BCUT2D eigenvalue weighted by molar-refractivity contribution is 7.47. The molecule has 0 aliphatic rings. The largest absolute Gasteiger partial charge is 0.472 e. The standard InChI is InChI=1S/C79H154O17P2/c1-6-10-13-16-19-22-25-27-35-39-43-48-53-58-63-77(82)90-69-75(96-79(84)65-60-55-50-45-40-36-33-31-29-28-30-32-34-37-41-46-51-56-61-72(5)9-4)71-94-98(87,88)92-67-73(80)66-91-97(85,86)93-70-74(68-89-76(81)62-57-52-47-42-24-21-18-15-12-8-3)95-78(83)64-59-54-49-44-38-26-23-20-17-14-11-7-2/h72-75,80H,6-71H2,1-5H3,(H,85,86)(H,87,88)/t72?,73-,74+,75+/m0/s1. The molecule has 0 amide bonds. The van der Waals surface area contributed by atoms with Crippen LogP contribution in [0, 0.1) is 5.92 Å². The van der Waals surface area contributed by atoms with Gasteiger partial charge >= 0.3 is 39.5 Å². The van der Waals surface area contributed by atoms with Crippen LogP contribution in [0.4, 0.5) is 0 Å². The van der Waals surface area contributed by atoms with Crippen molar-refractivity contribution in [2.24, 2.45) is 5.92 Å². The first-order valence-corrected chi connectivity index (χ1v) is 44.2. The summed E-state index contributed by atoms with van der Waals surface area (Å²) in [5, 5.41) is 10.6. The topological polar surface area (TPSA) is 237 Å². The van der Waals surface area contributed by atoms with Crippen LogP contribution >= 0.6 is 15.6 Å². The Bertz CT molecular complexity index is 1880. The van der Waals surface area contributed by atoms with E-state index in [0.717, 1.165) is 95.8 Å². The summed E-state index contributed by atoms with van der Waals surface area (Å²) in [6.45, 7) is 7.37. The van der Waals surface area contributed by atoms with Crippen LogP contribution in [0.25, 0.3) is 0 Å². The molecule has 0 radical (unpaired) electrons. The fourth-order valence-electron chi connectivity index (χ4n) is 12.2. The molecule has 3 unspecified atom stereocenters. The van der Waals surface area contributed by atoms with Crippen LogP contribution < -0.4 is 0 Å². The highest BCUT2D eigenvalue weighted by Crippen LogP contribution is 2.45. The predicted molar refractivity (Wildman–Crippen MR) is 400 cm³/mol. The number of phosphoric ester groups is 2. The molecule has 0 spiro atoms. The van der Waals surface area contributed by atoms with Gasteiger partial charge in [-0.1, -0.05) is 369 Å². The molecule has 98 heavy (non-hydrogen) atoms. The van der Waals surface area contributed by atoms with Gasteiger partial charge in [-0.3, -0.25) is 37.3 Å². The van der Waals surface area contributed by atoms with E-state index in [2.05, 4.69) is 34.6 Å². The molecule has 0 aliphatic carbocycles. The predicted octanol–water partition coefficient (Wildman–Crippen LogP) is 23.6. The molecular weight excluding hydrogens is 1280 g/mol. The lowest BCUT2D eigenvalue weighted by Gasteiger charge is -2.21. The van der Waals surface area contributed by atoms with Gasteiger partial charge in [-0.15, -0.1) is 0 Å². The molecule has 582 valence electrons. The maximum absolute atomic E-state index is 13.1. The van der Waals surface area contributed by atoms with Gasteiger partial charge < -0.3 is 33.8 Å². The summed E-state index contributed by atoms with van der Waals surface area (Å²) in [5.41, 5.74) is 0. The van der Waals surface area contributed by atoms with Gasteiger partial charge in [0.2, 0.25) is 0 Å². The minimum Gasteiger partial charge on any atom is -0.462 e. The average Bonchev–Trinajstić information content (AvgIpc) is 1.27. The Balaban J connectivity index is 5.19. The number of hydrogen-bond acceptors (Lipinski definition) is 15. The summed E-state index contributed by atoms with van der Waals surface area (Å²) in [6, 6.07) is 0. The number of rotatable bonds is 79. The monoisotopic (exact) mass is 1440 g/mol. The van der Waals surface area contributed by atoms with Gasteiger partial charge in [0.25, 0.3) is 0 Å². The summed E-state index contributed by atoms with van der Waals surface area (Å²) < 4.78 is 68.6. The van der Waals surface area contributed by atoms with Crippen LogP contribution in [0.2, 0.25) is 0 Å². The van der Waals surface area contributed by atoms with Gasteiger partial charge in [0.1, 0.15) is 19.3 Å². The third-order valence-electron chi connectivity index (χ3n) is 18.9. The number of esters is 4. The zero-order chi connectivity index (χ0) is 71.9. The molecule has 0 aliphatic heterocycles. The fraction of sp³-hybridized carbons (Fsp3) is 0.949. The number of aliphatic hydroxyl groups excluding tert-OH is 1. The van der Waals surface area contributed by atoms with Crippen LogP contribution in [0.3, 0.4) is 0 Å². The fourth-order valence-corrected chi connectivity index (χ4v) is 13.8. The van der Waals surface area contributed by atoms with E-state index in [9.17, 15) is 43.2 Å². The van der Waals surface area contributed by atoms with E-state index >= 15 is 0 Å². The van der Waals surface area contributed by atoms with E-state index in [-0.39, 0.29) is 25.7 Å². The molecule has 0 rings (SSSR count). The van der Waals surface area contributed by atoms with Crippen LogP contribution in [0.15, 0.2) is 0 Å². The molecular formula is C79H154O17P2. The van der Waals surface area contributed by atoms with Crippen molar-refractivity contribution in [3.05, 3.63) is 0 Å². The average molecular weight is 1440 g/mol. The van der Waals surface area contributed by atoms with Gasteiger partial charge in [-0.2, -0.15) is 0 Å². The number of hydrogen-bond donors (Lipinski definition) is 3. The van der Waals surface area contributed by atoms with Crippen molar-refractivity contribution >= 4 is 39.5 Å². The number of carbonyl (C=O) groups is 4. The minimum atomic E-state index is -4.96. The maximum atomic E-state index is 13.1. The first kappa shape index (κ1) is 96.1. The van der Waals surface area contributed by atoms with Crippen molar-refractivity contribution < 1.29 is 80.2 Å². The van der Waals surface area contributed by atoms with Crippen LogP contribution in [0.5, 0.6) is 0 Å². The lowest BCUT2D eigenvalue weighted by Crippen LogP contribution is -2.30. The molecule has 0 aromatic heterocycles. The highest BCUT2D eigenvalue weighted by atomic mass is 31.2. The molecule has 19 heteroatoms. The molecule has 0 heterocycles. The summed E-state index contributed by atoms with van der Waals surface area (Å²) >= 11 is 0. The molecule has 3 N–H and O–H groups in total. The Labute approximate surface area is 600 Å². The molecule has 0 bridgehead atoms. The van der Waals surface area contributed by atoms with Crippen molar-refractivity contribution in [2.75, 3.05) is 39.6 Å². The summed E-state index contributed by atoms with van der Waals surface area (Å²) in [6.07, 6.45) is 62.3. The zero-order valence-electron chi connectivity index (χ0n) is 63.9.